The zero-order chi connectivity index (χ0) is 9.15. The summed E-state index contributed by atoms with van der Waals surface area (Å²) in [6, 6.07) is 0. The van der Waals surface area contributed by atoms with Gasteiger partial charge in [-0.2, -0.15) is 0 Å². The molecule has 2 unspecified atom stereocenters. The first kappa shape index (κ1) is 8.55. The van der Waals surface area contributed by atoms with Gasteiger partial charge in [-0.1, -0.05) is 27.7 Å². The van der Waals surface area contributed by atoms with Crippen LogP contribution in [0.2, 0.25) is 0 Å². The van der Waals surface area contributed by atoms with E-state index >= 15 is 0 Å². The second-order valence-electron chi connectivity index (χ2n) is 5.69. The average Bonchev–Trinajstić information content (AvgIpc) is 2.59. The van der Waals surface area contributed by atoms with E-state index in [1.807, 2.05) is 0 Å². The Morgan fingerprint density at radius 2 is 1.83 bits per heavy atom. The minimum atomic E-state index is -0.0568. The Kier molecular flexibility index (Phi) is 1.47. The molecule has 70 valence electrons. The molecule has 2 aliphatic carbocycles. The molecule has 3 atom stereocenters. The largest absolute Gasteiger partial charge is 0.393 e. The maximum atomic E-state index is 9.87. The molecule has 0 heterocycles. The highest BCUT2D eigenvalue weighted by atomic mass is 16.3. The van der Waals surface area contributed by atoms with Gasteiger partial charge in [0.15, 0.2) is 0 Å². The van der Waals surface area contributed by atoms with Crippen molar-refractivity contribution < 1.29 is 5.11 Å². The van der Waals surface area contributed by atoms with Crippen molar-refractivity contribution in [3.8, 4) is 0 Å². The third-order valence-corrected chi connectivity index (χ3v) is 4.60. The van der Waals surface area contributed by atoms with Gasteiger partial charge in [0.1, 0.15) is 0 Å². The molecule has 0 amide bonds. The fourth-order valence-electron chi connectivity index (χ4n) is 3.28. The van der Waals surface area contributed by atoms with Crippen LogP contribution in [0.1, 0.15) is 40.5 Å². The van der Waals surface area contributed by atoms with Crippen molar-refractivity contribution in [1.82, 2.24) is 0 Å². The van der Waals surface area contributed by atoms with Crippen molar-refractivity contribution in [3.63, 3.8) is 0 Å². The molecule has 1 N–H and O–H groups in total. The number of rotatable bonds is 1. The van der Waals surface area contributed by atoms with Crippen molar-refractivity contribution in [2.75, 3.05) is 0 Å². The van der Waals surface area contributed by atoms with E-state index in [9.17, 15) is 5.11 Å². The van der Waals surface area contributed by atoms with E-state index in [4.69, 9.17) is 0 Å². The van der Waals surface area contributed by atoms with Gasteiger partial charge in [-0.25, -0.2) is 0 Å². The van der Waals surface area contributed by atoms with Crippen LogP contribution in [-0.2, 0) is 0 Å². The Morgan fingerprint density at radius 1 is 1.25 bits per heavy atom. The van der Waals surface area contributed by atoms with Crippen LogP contribution in [-0.4, -0.2) is 11.2 Å². The molecule has 0 aliphatic heterocycles. The van der Waals surface area contributed by atoms with E-state index in [0.717, 1.165) is 18.3 Å². The zero-order valence-electron chi connectivity index (χ0n) is 8.59. The van der Waals surface area contributed by atoms with Crippen molar-refractivity contribution >= 4 is 0 Å². The molecule has 2 rings (SSSR count). The van der Waals surface area contributed by atoms with Crippen molar-refractivity contribution in [2.24, 2.45) is 22.7 Å². The second-order valence-corrected chi connectivity index (χ2v) is 5.69. The molecule has 12 heavy (non-hydrogen) atoms. The molecule has 0 aromatic rings. The zero-order valence-corrected chi connectivity index (χ0v) is 8.59. The summed E-state index contributed by atoms with van der Waals surface area (Å²) in [6.07, 6.45) is 2.34. The van der Waals surface area contributed by atoms with Gasteiger partial charge in [-0.15, -0.1) is 0 Å². The van der Waals surface area contributed by atoms with Crippen LogP contribution in [0.25, 0.3) is 0 Å². The van der Waals surface area contributed by atoms with Crippen LogP contribution >= 0.6 is 0 Å². The normalized spacial score (nSPS) is 49.5. The third-order valence-electron chi connectivity index (χ3n) is 4.60. The van der Waals surface area contributed by atoms with Crippen LogP contribution in [0.5, 0.6) is 0 Å². The van der Waals surface area contributed by atoms with E-state index in [2.05, 4.69) is 27.7 Å². The van der Waals surface area contributed by atoms with Crippen LogP contribution < -0.4 is 0 Å². The fraction of sp³-hybridized carbons (Fsp3) is 1.00. The van der Waals surface area contributed by atoms with Gasteiger partial charge in [-0.3, -0.25) is 0 Å². The van der Waals surface area contributed by atoms with Crippen LogP contribution in [0.3, 0.4) is 0 Å². The Morgan fingerprint density at radius 3 is 2.08 bits per heavy atom. The summed E-state index contributed by atoms with van der Waals surface area (Å²) < 4.78 is 0. The molecule has 0 aromatic carbocycles. The summed E-state index contributed by atoms with van der Waals surface area (Å²) >= 11 is 0. The number of hydrogen-bond acceptors (Lipinski definition) is 1. The predicted molar refractivity (Wildman–Crippen MR) is 49.8 cm³/mol. The second kappa shape index (κ2) is 2.06. The standard InChI is InChI=1S/C11H20O/c1-7(2)11-5-8(11)10(3,4)9(12)6-11/h7-9,12H,5-6H2,1-4H3/t8?,9-,11?/m1/s1. The third kappa shape index (κ3) is 0.783. The molecule has 0 aromatic heterocycles. The molecule has 1 nitrogen and oxygen atoms in total. The summed E-state index contributed by atoms with van der Waals surface area (Å²) in [6.45, 7) is 9.04. The van der Waals surface area contributed by atoms with Crippen molar-refractivity contribution in [2.45, 2.75) is 46.6 Å². The molecule has 2 aliphatic rings. The Bertz CT molecular complexity index is 207. The molecular weight excluding hydrogens is 148 g/mol. The van der Waals surface area contributed by atoms with E-state index in [1.165, 1.54) is 6.42 Å². The van der Waals surface area contributed by atoms with E-state index in [1.54, 1.807) is 0 Å². The molecule has 0 bridgehead atoms. The van der Waals surface area contributed by atoms with Crippen molar-refractivity contribution in [1.29, 1.82) is 0 Å². The van der Waals surface area contributed by atoms with Gasteiger partial charge in [0, 0.05) is 0 Å². The van der Waals surface area contributed by atoms with Crippen LogP contribution in [0.4, 0.5) is 0 Å². The maximum absolute atomic E-state index is 9.87. The highest BCUT2D eigenvalue weighted by Gasteiger charge is 2.69. The summed E-state index contributed by atoms with van der Waals surface area (Å²) in [5.41, 5.74) is 0.702. The monoisotopic (exact) mass is 168 g/mol. The quantitative estimate of drug-likeness (QED) is 0.637. The molecule has 2 fully saturated rings. The Balaban J connectivity index is 2.22. The number of fused-ring (bicyclic) bond motifs is 1. The van der Waals surface area contributed by atoms with Crippen LogP contribution in [0, 0.1) is 22.7 Å². The lowest BCUT2D eigenvalue weighted by molar-refractivity contribution is 0.0545. The number of aliphatic hydroxyl groups is 1. The van der Waals surface area contributed by atoms with E-state index < -0.39 is 0 Å². The fourth-order valence-corrected chi connectivity index (χ4v) is 3.28. The molecule has 0 spiro atoms. The predicted octanol–water partition coefficient (Wildman–Crippen LogP) is 2.44. The van der Waals surface area contributed by atoms with Gasteiger partial charge >= 0.3 is 0 Å². The van der Waals surface area contributed by atoms with E-state index in [-0.39, 0.29) is 11.5 Å². The number of hydrogen-bond donors (Lipinski definition) is 1. The van der Waals surface area contributed by atoms with Gasteiger partial charge in [-0.05, 0) is 35.5 Å². The van der Waals surface area contributed by atoms with Crippen molar-refractivity contribution in [3.05, 3.63) is 0 Å². The minimum Gasteiger partial charge on any atom is -0.393 e. The molecule has 0 radical (unpaired) electrons. The molecule has 0 saturated heterocycles. The summed E-state index contributed by atoms with van der Waals surface area (Å²) in [7, 11) is 0. The number of aliphatic hydroxyl groups excluding tert-OH is 1. The highest BCUT2D eigenvalue weighted by molar-refractivity contribution is 5.18. The molecule has 2 saturated carbocycles. The Hall–Kier alpha value is -0.0400. The van der Waals surface area contributed by atoms with Gasteiger partial charge in [0.2, 0.25) is 0 Å². The molecular formula is C11H20O. The highest BCUT2D eigenvalue weighted by Crippen LogP contribution is 2.73. The first-order chi connectivity index (χ1) is 5.41. The van der Waals surface area contributed by atoms with Gasteiger partial charge < -0.3 is 5.11 Å². The Labute approximate surface area is 75.2 Å². The van der Waals surface area contributed by atoms with Crippen LogP contribution in [0.15, 0.2) is 0 Å². The SMILES string of the molecule is CC(C)C12CC1C(C)(C)[C@H](O)C2. The lowest BCUT2D eigenvalue weighted by Crippen LogP contribution is -2.26. The van der Waals surface area contributed by atoms with Gasteiger partial charge in [0.05, 0.1) is 6.10 Å². The topological polar surface area (TPSA) is 20.2 Å². The summed E-state index contributed by atoms with van der Waals surface area (Å²) in [5, 5.41) is 9.87. The first-order valence-electron chi connectivity index (χ1n) is 5.09. The summed E-state index contributed by atoms with van der Waals surface area (Å²) in [5.74, 6) is 1.54. The summed E-state index contributed by atoms with van der Waals surface area (Å²) in [4.78, 5) is 0. The smallest absolute Gasteiger partial charge is 0.0599 e. The lowest BCUT2D eigenvalue weighted by Gasteiger charge is -2.25. The van der Waals surface area contributed by atoms with Gasteiger partial charge in [0.25, 0.3) is 0 Å². The molecule has 1 heteroatoms. The maximum Gasteiger partial charge on any atom is 0.0599 e. The van der Waals surface area contributed by atoms with E-state index in [0.29, 0.717) is 5.41 Å². The lowest BCUT2D eigenvalue weighted by atomic mass is 9.85. The minimum absolute atomic E-state index is 0.0568. The first-order valence-corrected chi connectivity index (χ1v) is 5.09. The average molecular weight is 168 g/mol.